The van der Waals surface area contributed by atoms with Crippen molar-refractivity contribution in [3.8, 4) is 11.5 Å². The number of hydrogen-bond donors (Lipinski definition) is 1. The molecule has 0 aliphatic carbocycles. The van der Waals surface area contributed by atoms with Gasteiger partial charge >= 0.3 is 12.0 Å². The molecule has 2 aromatic rings. The molecule has 162 valence electrons. The minimum absolute atomic E-state index is 0.0176. The van der Waals surface area contributed by atoms with E-state index >= 15 is 0 Å². The van der Waals surface area contributed by atoms with Crippen molar-refractivity contribution in [1.82, 2.24) is 10.2 Å². The van der Waals surface area contributed by atoms with Crippen LogP contribution >= 0.6 is 15.9 Å². The molecule has 9 nitrogen and oxygen atoms in total. The van der Waals surface area contributed by atoms with Crippen LogP contribution in [0.15, 0.2) is 51.5 Å². The molecule has 3 amide bonds. The van der Waals surface area contributed by atoms with Crippen molar-refractivity contribution in [2.75, 3.05) is 20.8 Å². The third kappa shape index (κ3) is 4.80. The Morgan fingerprint density at radius 1 is 1.29 bits per heavy atom. The maximum atomic E-state index is 12.7. The first-order chi connectivity index (χ1) is 14.9. The lowest BCUT2D eigenvalue weighted by atomic mass is 10.1. The molecular formula is C21H19BrN2O7. The van der Waals surface area contributed by atoms with Crippen molar-refractivity contribution >= 4 is 39.9 Å². The van der Waals surface area contributed by atoms with E-state index in [1.54, 1.807) is 18.2 Å². The second-order valence-corrected chi connectivity index (χ2v) is 7.13. The molecule has 1 saturated heterocycles. The van der Waals surface area contributed by atoms with Crippen LogP contribution < -0.4 is 14.8 Å². The van der Waals surface area contributed by atoms with E-state index < -0.39 is 17.9 Å². The van der Waals surface area contributed by atoms with Gasteiger partial charge in [-0.2, -0.15) is 0 Å². The molecule has 1 aromatic heterocycles. The van der Waals surface area contributed by atoms with Crippen molar-refractivity contribution in [1.29, 1.82) is 0 Å². The summed E-state index contributed by atoms with van der Waals surface area (Å²) in [6.07, 6.45) is 3.13. The molecule has 1 fully saturated rings. The van der Waals surface area contributed by atoms with Gasteiger partial charge in [-0.05, 0) is 51.8 Å². The molecule has 0 bridgehead atoms. The standard InChI is InChI=1S/C21H19BrN2O7/c1-4-7-30-18-14(22)8-12(10-17(18)28-2)9-15-19(25)24(21(27)23-15)11-13-5-6-16(31-13)20(26)29-3/h4-6,8-10H,1,7,11H2,2-3H3,(H,23,27). The number of hydrogen-bond acceptors (Lipinski definition) is 7. The Kier molecular flexibility index (Phi) is 6.81. The first kappa shape index (κ1) is 22.2. The van der Waals surface area contributed by atoms with Gasteiger partial charge in [-0.15, -0.1) is 0 Å². The average molecular weight is 491 g/mol. The molecule has 0 atom stereocenters. The first-order valence-corrected chi connectivity index (χ1v) is 9.80. The lowest BCUT2D eigenvalue weighted by Gasteiger charge is -2.12. The quantitative estimate of drug-likeness (QED) is 0.261. The van der Waals surface area contributed by atoms with E-state index in [4.69, 9.17) is 13.9 Å². The number of nitrogens with one attached hydrogen (secondary N) is 1. The molecule has 2 heterocycles. The fraction of sp³-hybridized carbons (Fsp3) is 0.190. The number of benzene rings is 1. The predicted molar refractivity (Wildman–Crippen MR) is 113 cm³/mol. The summed E-state index contributed by atoms with van der Waals surface area (Å²) >= 11 is 3.42. The smallest absolute Gasteiger partial charge is 0.373 e. The number of rotatable bonds is 8. The fourth-order valence-electron chi connectivity index (χ4n) is 2.82. The van der Waals surface area contributed by atoms with Gasteiger partial charge in [0.2, 0.25) is 5.76 Å². The van der Waals surface area contributed by atoms with Crippen LogP contribution in [0.3, 0.4) is 0 Å². The number of nitrogens with zero attached hydrogens (tertiary/aromatic N) is 1. The number of urea groups is 1. The molecule has 3 rings (SSSR count). The van der Waals surface area contributed by atoms with Gasteiger partial charge in [-0.25, -0.2) is 9.59 Å². The van der Waals surface area contributed by atoms with E-state index in [0.29, 0.717) is 28.1 Å². The van der Waals surface area contributed by atoms with E-state index in [2.05, 4.69) is 32.6 Å². The summed E-state index contributed by atoms with van der Waals surface area (Å²) < 4.78 is 21.5. The molecule has 1 N–H and O–H groups in total. The summed E-state index contributed by atoms with van der Waals surface area (Å²) in [5.74, 6) is -0.00343. The molecule has 0 spiro atoms. The highest BCUT2D eigenvalue weighted by Crippen LogP contribution is 2.37. The van der Waals surface area contributed by atoms with E-state index in [-0.39, 0.29) is 23.8 Å². The van der Waals surface area contributed by atoms with Gasteiger partial charge < -0.3 is 23.9 Å². The Morgan fingerprint density at radius 3 is 2.74 bits per heavy atom. The van der Waals surface area contributed by atoms with Crippen LogP contribution in [0.2, 0.25) is 0 Å². The van der Waals surface area contributed by atoms with Crippen LogP contribution in [0.25, 0.3) is 6.08 Å². The van der Waals surface area contributed by atoms with Gasteiger partial charge in [0.25, 0.3) is 5.91 Å². The number of furan rings is 1. The number of esters is 1. The number of carbonyl (C=O) groups is 3. The Labute approximate surface area is 186 Å². The summed E-state index contributed by atoms with van der Waals surface area (Å²) in [7, 11) is 2.72. The van der Waals surface area contributed by atoms with Gasteiger partial charge in [0.15, 0.2) is 11.5 Å². The molecule has 0 saturated carbocycles. The van der Waals surface area contributed by atoms with Crippen molar-refractivity contribution in [2.45, 2.75) is 6.54 Å². The fourth-order valence-corrected chi connectivity index (χ4v) is 3.39. The van der Waals surface area contributed by atoms with Gasteiger partial charge in [0, 0.05) is 0 Å². The second kappa shape index (κ2) is 9.52. The third-order valence-corrected chi connectivity index (χ3v) is 4.82. The number of halogens is 1. The van der Waals surface area contributed by atoms with E-state index in [1.807, 2.05) is 0 Å². The summed E-state index contributed by atoms with van der Waals surface area (Å²) in [6.45, 7) is 3.77. The highest BCUT2D eigenvalue weighted by Gasteiger charge is 2.34. The number of carbonyl (C=O) groups excluding carboxylic acids is 3. The zero-order valence-electron chi connectivity index (χ0n) is 16.8. The van der Waals surface area contributed by atoms with E-state index in [0.717, 1.165) is 4.90 Å². The molecule has 1 aliphatic heterocycles. The zero-order valence-corrected chi connectivity index (χ0v) is 18.4. The average Bonchev–Trinajstić information content (AvgIpc) is 3.32. The van der Waals surface area contributed by atoms with Gasteiger partial charge in [-0.1, -0.05) is 12.7 Å². The van der Waals surface area contributed by atoms with Crippen LogP contribution in [0.4, 0.5) is 4.79 Å². The highest BCUT2D eigenvalue weighted by atomic mass is 79.9. The topological polar surface area (TPSA) is 107 Å². The van der Waals surface area contributed by atoms with E-state index in [1.165, 1.54) is 32.4 Å². The maximum Gasteiger partial charge on any atom is 0.373 e. The molecule has 31 heavy (non-hydrogen) atoms. The van der Waals surface area contributed by atoms with Gasteiger partial charge in [0.05, 0.1) is 25.2 Å². The molecule has 0 unspecified atom stereocenters. The van der Waals surface area contributed by atoms with Crippen molar-refractivity contribution in [3.63, 3.8) is 0 Å². The summed E-state index contributed by atoms with van der Waals surface area (Å²) in [4.78, 5) is 37.5. The van der Waals surface area contributed by atoms with Gasteiger partial charge in [0.1, 0.15) is 18.1 Å². The van der Waals surface area contributed by atoms with Crippen LogP contribution in [-0.2, 0) is 16.1 Å². The van der Waals surface area contributed by atoms with Crippen molar-refractivity contribution in [3.05, 3.63) is 64.2 Å². The Bertz CT molecular complexity index is 1070. The molecule has 10 heteroatoms. The monoisotopic (exact) mass is 490 g/mol. The molecular weight excluding hydrogens is 472 g/mol. The van der Waals surface area contributed by atoms with Crippen molar-refractivity contribution < 1.29 is 33.0 Å². The first-order valence-electron chi connectivity index (χ1n) is 9.00. The molecule has 1 aliphatic rings. The number of amides is 3. The lowest BCUT2D eigenvalue weighted by molar-refractivity contribution is -0.123. The number of methoxy groups -OCH3 is 2. The summed E-state index contributed by atoms with van der Waals surface area (Å²) in [5, 5.41) is 2.53. The molecule has 0 radical (unpaired) electrons. The predicted octanol–water partition coefficient (Wildman–Crippen LogP) is 3.50. The lowest BCUT2D eigenvalue weighted by Crippen LogP contribution is -2.30. The number of ether oxygens (including phenoxy) is 3. The minimum Gasteiger partial charge on any atom is -0.493 e. The normalized spacial score (nSPS) is 14.5. The Balaban J connectivity index is 1.81. The van der Waals surface area contributed by atoms with Crippen molar-refractivity contribution in [2.24, 2.45) is 0 Å². The van der Waals surface area contributed by atoms with Crippen LogP contribution in [0.5, 0.6) is 11.5 Å². The second-order valence-electron chi connectivity index (χ2n) is 6.27. The Hall–Kier alpha value is -3.53. The van der Waals surface area contributed by atoms with Crippen LogP contribution in [0.1, 0.15) is 21.9 Å². The molecule has 1 aromatic carbocycles. The third-order valence-electron chi connectivity index (χ3n) is 4.23. The van der Waals surface area contributed by atoms with E-state index in [9.17, 15) is 14.4 Å². The summed E-state index contributed by atoms with van der Waals surface area (Å²) in [6, 6.07) is 5.71. The largest absolute Gasteiger partial charge is 0.493 e. The maximum absolute atomic E-state index is 12.7. The SMILES string of the molecule is C=CCOc1c(Br)cc(C=C2NC(=O)N(Cc3ccc(C(=O)OC)o3)C2=O)cc1OC. The summed E-state index contributed by atoms with van der Waals surface area (Å²) in [5.41, 5.74) is 0.685. The number of imide groups is 1. The zero-order chi connectivity index (χ0) is 22.5. The Morgan fingerprint density at radius 2 is 2.06 bits per heavy atom. The minimum atomic E-state index is -0.649. The highest BCUT2D eigenvalue weighted by molar-refractivity contribution is 9.10. The van der Waals surface area contributed by atoms with Crippen LogP contribution in [0, 0.1) is 0 Å². The van der Waals surface area contributed by atoms with Gasteiger partial charge in [-0.3, -0.25) is 9.69 Å². The van der Waals surface area contributed by atoms with Crippen LogP contribution in [-0.4, -0.2) is 43.6 Å².